The summed E-state index contributed by atoms with van der Waals surface area (Å²) in [7, 11) is -0.783. The van der Waals surface area contributed by atoms with Crippen molar-refractivity contribution in [2.75, 3.05) is 7.05 Å². The summed E-state index contributed by atoms with van der Waals surface area (Å²) in [6.07, 6.45) is 1.30. The van der Waals surface area contributed by atoms with Crippen LogP contribution in [0.1, 0.15) is 21.1 Å². The molecule has 0 aliphatic carbocycles. The molecule has 1 N–H and O–H groups in total. The Labute approximate surface area is 126 Å². The summed E-state index contributed by atoms with van der Waals surface area (Å²) >= 11 is 1.39. The number of carbonyl (C=O) groups is 1. The molecule has 0 atom stereocenters. The van der Waals surface area contributed by atoms with Crippen molar-refractivity contribution >= 4 is 27.3 Å². The van der Waals surface area contributed by atoms with Gasteiger partial charge in [0.15, 0.2) is 0 Å². The first-order chi connectivity index (χ1) is 9.73. The van der Waals surface area contributed by atoms with Gasteiger partial charge in [-0.15, -0.1) is 11.3 Å². The van der Waals surface area contributed by atoms with Gasteiger partial charge in [-0.25, -0.2) is 18.2 Å². The Balaban J connectivity index is 2.31. The van der Waals surface area contributed by atoms with Gasteiger partial charge in [-0.3, -0.25) is 0 Å². The van der Waals surface area contributed by atoms with E-state index in [-0.39, 0.29) is 17.1 Å². The zero-order valence-electron chi connectivity index (χ0n) is 11.8. The number of rotatable bonds is 5. The third-order valence-electron chi connectivity index (χ3n) is 3.12. The largest absolute Gasteiger partial charge is 0.477 e. The first-order valence-corrected chi connectivity index (χ1v) is 8.30. The van der Waals surface area contributed by atoms with Crippen molar-refractivity contribution in [2.24, 2.45) is 7.05 Å². The number of nitrogens with zero attached hydrogens (tertiary/aromatic N) is 3. The molecule has 0 fully saturated rings. The van der Waals surface area contributed by atoms with E-state index in [9.17, 15) is 13.2 Å². The summed E-state index contributed by atoms with van der Waals surface area (Å²) < 4.78 is 27.4. The third-order valence-corrected chi connectivity index (χ3v) is 5.81. The summed E-state index contributed by atoms with van der Waals surface area (Å²) in [4.78, 5) is 15.9. The van der Waals surface area contributed by atoms with Gasteiger partial charge in [0.05, 0.1) is 11.2 Å². The SMILES string of the molecule is Cc1ncsc1CN(C)S(=O)(=O)c1cc(C(=O)O)n(C)c1. The minimum atomic E-state index is -3.74. The molecule has 2 heterocycles. The number of thiazole rings is 1. The van der Waals surface area contributed by atoms with Gasteiger partial charge in [-0.2, -0.15) is 4.31 Å². The summed E-state index contributed by atoms with van der Waals surface area (Å²) in [5.41, 5.74) is 2.38. The van der Waals surface area contributed by atoms with Crippen molar-refractivity contribution in [3.8, 4) is 0 Å². The van der Waals surface area contributed by atoms with Crippen LogP contribution >= 0.6 is 11.3 Å². The van der Waals surface area contributed by atoms with Crippen LogP contribution < -0.4 is 0 Å². The molecule has 0 radical (unpaired) electrons. The van der Waals surface area contributed by atoms with Crippen molar-refractivity contribution < 1.29 is 18.3 Å². The Bertz CT molecular complexity index is 776. The van der Waals surface area contributed by atoms with Crippen molar-refractivity contribution in [3.05, 3.63) is 34.0 Å². The van der Waals surface area contributed by atoms with Crippen LogP contribution in [0.15, 0.2) is 22.7 Å². The van der Waals surface area contributed by atoms with Gasteiger partial charge in [0.1, 0.15) is 10.6 Å². The smallest absolute Gasteiger partial charge is 0.352 e. The summed E-state index contributed by atoms with van der Waals surface area (Å²) in [6.45, 7) is 2.02. The van der Waals surface area contributed by atoms with Gasteiger partial charge in [0.2, 0.25) is 10.0 Å². The lowest BCUT2D eigenvalue weighted by molar-refractivity contribution is 0.0686. The monoisotopic (exact) mass is 329 g/mol. The molecule has 114 valence electrons. The molecule has 0 saturated heterocycles. The van der Waals surface area contributed by atoms with Crippen LogP contribution in [0, 0.1) is 6.92 Å². The Kier molecular flexibility index (Phi) is 4.17. The zero-order valence-corrected chi connectivity index (χ0v) is 13.4. The topological polar surface area (TPSA) is 92.5 Å². The molecule has 2 aromatic heterocycles. The molecule has 0 saturated carbocycles. The molecule has 2 rings (SSSR count). The highest BCUT2D eigenvalue weighted by Crippen LogP contribution is 2.21. The van der Waals surface area contributed by atoms with E-state index in [2.05, 4.69) is 4.98 Å². The lowest BCUT2D eigenvalue weighted by Gasteiger charge is -2.15. The second-order valence-electron chi connectivity index (χ2n) is 4.60. The fourth-order valence-electron chi connectivity index (χ4n) is 1.83. The Hall–Kier alpha value is -1.71. The van der Waals surface area contributed by atoms with E-state index in [1.54, 1.807) is 5.51 Å². The standard InChI is InChI=1S/C12H15N3O4S2/c1-8-11(20-7-13-8)6-15(3)21(18,19)9-4-10(12(16)17)14(2)5-9/h4-5,7H,6H2,1-3H3,(H,16,17). The highest BCUT2D eigenvalue weighted by Gasteiger charge is 2.25. The van der Waals surface area contributed by atoms with E-state index in [1.807, 2.05) is 6.92 Å². The number of aromatic nitrogens is 2. The molecule has 0 aliphatic heterocycles. The maximum Gasteiger partial charge on any atom is 0.352 e. The molecular weight excluding hydrogens is 314 g/mol. The van der Waals surface area contributed by atoms with Gasteiger partial charge >= 0.3 is 5.97 Å². The van der Waals surface area contributed by atoms with E-state index in [0.717, 1.165) is 16.6 Å². The van der Waals surface area contributed by atoms with Crippen LogP contribution in [0.25, 0.3) is 0 Å². The molecule has 2 aromatic rings. The summed E-state index contributed by atoms with van der Waals surface area (Å²) in [5, 5.41) is 8.99. The van der Waals surface area contributed by atoms with E-state index >= 15 is 0 Å². The fourth-order valence-corrected chi connectivity index (χ4v) is 3.96. The molecular formula is C12H15N3O4S2. The minimum Gasteiger partial charge on any atom is -0.477 e. The average Bonchev–Trinajstić information content (AvgIpc) is 2.96. The highest BCUT2D eigenvalue weighted by atomic mass is 32.2. The number of hydrogen-bond donors (Lipinski definition) is 1. The van der Waals surface area contributed by atoms with E-state index in [1.165, 1.54) is 40.5 Å². The molecule has 0 amide bonds. The van der Waals surface area contributed by atoms with E-state index < -0.39 is 16.0 Å². The number of aromatic carboxylic acids is 1. The normalized spacial score (nSPS) is 12.0. The predicted molar refractivity (Wildman–Crippen MR) is 77.9 cm³/mol. The minimum absolute atomic E-state index is 0.0351. The maximum atomic E-state index is 12.5. The maximum absolute atomic E-state index is 12.5. The molecule has 9 heteroatoms. The molecule has 0 aromatic carbocycles. The quantitative estimate of drug-likeness (QED) is 0.893. The Morgan fingerprint density at radius 1 is 1.52 bits per heavy atom. The van der Waals surface area contributed by atoms with Crippen LogP contribution in [0.3, 0.4) is 0 Å². The molecule has 21 heavy (non-hydrogen) atoms. The second-order valence-corrected chi connectivity index (χ2v) is 7.58. The molecule has 7 nitrogen and oxygen atoms in total. The van der Waals surface area contributed by atoms with Crippen LogP contribution in [-0.4, -0.2) is 40.4 Å². The van der Waals surface area contributed by atoms with Crippen LogP contribution in [0.5, 0.6) is 0 Å². The van der Waals surface area contributed by atoms with Gasteiger partial charge in [0.25, 0.3) is 0 Å². The van der Waals surface area contributed by atoms with E-state index in [4.69, 9.17) is 5.11 Å². The number of hydrogen-bond acceptors (Lipinski definition) is 5. The Morgan fingerprint density at radius 2 is 2.19 bits per heavy atom. The van der Waals surface area contributed by atoms with Crippen LogP contribution in [-0.2, 0) is 23.6 Å². The van der Waals surface area contributed by atoms with Crippen LogP contribution in [0.2, 0.25) is 0 Å². The molecule has 0 spiro atoms. The van der Waals surface area contributed by atoms with Crippen molar-refractivity contribution in [2.45, 2.75) is 18.4 Å². The summed E-state index contributed by atoms with van der Waals surface area (Å²) in [6, 6.07) is 1.16. The molecule has 0 bridgehead atoms. The molecule has 0 unspecified atom stereocenters. The first kappa shape index (κ1) is 15.7. The lowest BCUT2D eigenvalue weighted by Crippen LogP contribution is -2.26. The second kappa shape index (κ2) is 5.58. The third kappa shape index (κ3) is 2.99. The fraction of sp³-hybridized carbons (Fsp3) is 0.333. The van der Waals surface area contributed by atoms with Gasteiger partial charge in [-0.1, -0.05) is 0 Å². The Morgan fingerprint density at radius 3 is 2.67 bits per heavy atom. The summed E-state index contributed by atoms with van der Waals surface area (Å²) in [5.74, 6) is -1.17. The lowest BCUT2D eigenvalue weighted by atomic mass is 10.4. The zero-order chi connectivity index (χ0) is 15.8. The van der Waals surface area contributed by atoms with Crippen molar-refractivity contribution in [1.29, 1.82) is 0 Å². The number of aryl methyl sites for hydroxylation is 2. The van der Waals surface area contributed by atoms with Gasteiger partial charge in [0, 0.05) is 31.7 Å². The first-order valence-electron chi connectivity index (χ1n) is 5.98. The van der Waals surface area contributed by atoms with Crippen LogP contribution in [0.4, 0.5) is 0 Å². The van der Waals surface area contributed by atoms with Gasteiger partial charge in [-0.05, 0) is 13.0 Å². The number of carboxylic acids is 1. The molecule has 0 aliphatic rings. The highest BCUT2D eigenvalue weighted by molar-refractivity contribution is 7.89. The average molecular weight is 329 g/mol. The van der Waals surface area contributed by atoms with Gasteiger partial charge < -0.3 is 9.67 Å². The van der Waals surface area contributed by atoms with Crippen molar-refractivity contribution in [3.63, 3.8) is 0 Å². The van der Waals surface area contributed by atoms with Crippen molar-refractivity contribution in [1.82, 2.24) is 13.9 Å². The van der Waals surface area contributed by atoms with E-state index in [0.29, 0.717) is 0 Å². The predicted octanol–water partition coefficient (Wildman–Crippen LogP) is 1.31. The number of carboxylic acid groups (broad SMARTS) is 1. The number of sulfonamides is 1.